The number of aliphatic imine (C=N–C) groups is 1. The smallest absolute Gasteiger partial charge is 0.127 e. The second-order valence-corrected chi connectivity index (χ2v) is 8.24. The third-order valence-corrected chi connectivity index (χ3v) is 6.23. The van der Waals surface area contributed by atoms with Crippen molar-refractivity contribution in [1.29, 1.82) is 0 Å². The third-order valence-electron chi connectivity index (χ3n) is 6.23. The number of hydrogen-bond acceptors (Lipinski definition) is 3. The first kappa shape index (κ1) is 18.9. The molecule has 1 heterocycles. The number of amidine groups is 1. The molecule has 2 aromatic carbocycles. The SMILES string of the molecule is COc1cccc(CN=C2Nc3cc(C)c(C)cc3NC23CCCCCC3)c1. The molecule has 0 radical (unpaired) electrons. The summed E-state index contributed by atoms with van der Waals surface area (Å²) in [4.78, 5) is 5.09. The molecule has 1 aliphatic heterocycles. The van der Waals surface area contributed by atoms with Crippen LogP contribution in [-0.4, -0.2) is 18.5 Å². The van der Waals surface area contributed by atoms with Gasteiger partial charge in [-0.25, -0.2) is 0 Å². The van der Waals surface area contributed by atoms with E-state index in [0.717, 1.165) is 30.1 Å². The zero-order valence-electron chi connectivity index (χ0n) is 17.3. The van der Waals surface area contributed by atoms with Gasteiger partial charge < -0.3 is 15.4 Å². The molecule has 1 saturated carbocycles. The topological polar surface area (TPSA) is 45.6 Å². The van der Waals surface area contributed by atoms with Gasteiger partial charge in [-0.15, -0.1) is 0 Å². The number of nitrogens with zero attached hydrogens (tertiary/aromatic N) is 1. The van der Waals surface area contributed by atoms with Crippen LogP contribution < -0.4 is 15.4 Å². The Bertz CT molecular complexity index is 879. The Morgan fingerprint density at radius 1 is 0.964 bits per heavy atom. The molecular formula is C24H31N3O. The first-order chi connectivity index (χ1) is 13.6. The Morgan fingerprint density at radius 2 is 1.68 bits per heavy atom. The maximum atomic E-state index is 5.37. The van der Waals surface area contributed by atoms with Gasteiger partial charge in [0.15, 0.2) is 0 Å². The Balaban J connectivity index is 1.69. The highest BCUT2D eigenvalue weighted by Gasteiger charge is 2.40. The normalized spacial score (nSPS) is 19.5. The number of methoxy groups -OCH3 is 1. The molecule has 4 nitrogen and oxygen atoms in total. The van der Waals surface area contributed by atoms with E-state index in [-0.39, 0.29) is 5.54 Å². The molecule has 2 aliphatic rings. The molecule has 0 bridgehead atoms. The fraction of sp³-hybridized carbons (Fsp3) is 0.458. The molecule has 2 N–H and O–H groups in total. The fourth-order valence-corrected chi connectivity index (χ4v) is 4.41. The largest absolute Gasteiger partial charge is 0.497 e. The first-order valence-corrected chi connectivity index (χ1v) is 10.4. The van der Waals surface area contributed by atoms with Gasteiger partial charge in [0.1, 0.15) is 11.6 Å². The molecule has 4 rings (SSSR count). The summed E-state index contributed by atoms with van der Waals surface area (Å²) < 4.78 is 5.37. The van der Waals surface area contributed by atoms with Crippen LogP contribution in [0.15, 0.2) is 41.4 Å². The van der Waals surface area contributed by atoms with Crippen molar-refractivity contribution in [2.45, 2.75) is 64.5 Å². The average Bonchev–Trinajstić information content (AvgIpc) is 2.94. The lowest BCUT2D eigenvalue weighted by atomic mass is 9.85. The van der Waals surface area contributed by atoms with Crippen LogP contribution in [0, 0.1) is 13.8 Å². The Hall–Kier alpha value is -2.49. The van der Waals surface area contributed by atoms with E-state index in [1.807, 2.05) is 12.1 Å². The second-order valence-electron chi connectivity index (χ2n) is 8.24. The molecule has 0 unspecified atom stereocenters. The van der Waals surface area contributed by atoms with Crippen molar-refractivity contribution in [1.82, 2.24) is 0 Å². The molecule has 0 amide bonds. The Labute approximate surface area is 168 Å². The molecule has 148 valence electrons. The molecule has 0 saturated heterocycles. The summed E-state index contributed by atoms with van der Waals surface area (Å²) in [6.45, 7) is 5.01. The van der Waals surface area contributed by atoms with Gasteiger partial charge in [0.2, 0.25) is 0 Å². The van der Waals surface area contributed by atoms with E-state index in [1.54, 1.807) is 7.11 Å². The molecule has 28 heavy (non-hydrogen) atoms. The van der Waals surface area contributed by atoms with Gasteiger partial charge in [0.25, 0.3) is 0 Å². The maximum Gasteiger partial charge on any atom is 0.127 e. The van der Waals surface area contributed by atoms with Crippen LogP contribution in [0.4, 0.5) is 11.4 Å². The number of benzene rings is 2. The summed E-state index contributed by atoms with van der Waals surface area (Å²) in [5, 5.41) is 7.62. The number of rotatable bonds is 3. The van der Waals surface area contributed by atoms with E-state index < -0.39 is 0 Å². The zero-order valence-corrected chi connectivity index (χ0v) is 17.3. The van der Waals surface area contributed by atoms with Crippen LogP contribution in [0.5, 0.6) is 5.75 Å². The summed E-state index contributed by atoms with van der Waals surface area (Å²) in [5.74, 6) is 1.97. The highest BCUT2D eigenvalue weighted by Crippen LogP contribution is 2.40. The van der Waals surface area contributed by atoms with Gasteiger partial charge in [0.05, 0.1) is 30.6 Å². The zero-order chi connectivity index (χ0) is 19.6. The molecule has 1 spiro atoms. The van der Waals surface area contributed by atoms with Gasteiger partial charge in [-0.05, 0) is 67.6 Å². The summed E-state index contributed by atoms with van der Waals surface area (Å²) in [5.41, 5.74) is 6.07. The van der Waals surface area contributed by atoms with Crippen molar-refractivity contribution in [2.75, 3.05) is 17.7 Å². The first-order valence-electron chi connectivity index (χ1n) is 10.4. The minimum atomic E-state index is -0.0793. The van der Waals surface area contributed by atoms with E-state index in [2.05, 4.69) is 48.7 Å². The number of ether oxygens (including phenoxy) is 1. The standard InChI is InChI=1S/C24H31N3O/c1-17-13-21-22(14-18(17)2)27-24(11-6-4-5-7-12-24)23(26-21)25-16-19-9-8-10-20(15-19)28-3/h8-10,13-15,27H,4-7,11-12,16H2,1-3H3,(H,25,26). The molecule has 0 aromatic heterocycles. The van der Waals surface area contributed by atoms with Crippen molar-refractivity contribution >= 4 is 17.2 Å². The third kappa shape index (κ3) is 3.73. The van der Waals surface area contributed by atoms with Crippen molar-refractivity contribution in [3.05, 3.63) is 53.1 Å². The quantitative estimate of drug-likeness (QED) is 0.706. The molecule has 2 aromatic rings. The molecule has 1 aliphatic carbocycles. The predicted octanol–water partition coefficient (Wildman–Crippen LogP) is 5.84. The van der Waals surface area contributed by atoms with Crippen LogP contribution in [0.1, 0.15) is 55.2 Å². The van der Waals surface area contributed by atoms with E-state index >= 15 is 0 Å². The Morgan fingerprint density at radius 3 is 2.39 bits per heavy atom. The van der Waals surface area contributed by atoms with E-state index in [9.17, 15) is 0 Å². The van der Waals surface area contributed by atoms with E-state index in [1.165, 1.54) is 48.1 Å². The average molecular weight is 378 g/mol. The van der Waals surface area contributed by atoms with Gasteiger partial charge in [-0.3, -0.25) is 4.99 Å². The molecule has 1 fully saturated rings. The Kier molecular flexibility index (Phi) is 5.29. The fourth-order valence-electron chi connectivity index (χ4n) is 4.41. The molecule has 0 atom stereocenters. The highest BCUT2D eigenvalue weighted by atomic mass is 16.5. The van der Waals surface area contributed by atoms with Crippen molar-refractivity contribution < 1.29 is 4.74 Å². The number of hydrogen-bond donors (Lipinski definition) is 2. The van der Waals surface area contributed by atoms with Gasteiger partial charge in [-0.1, -0.05) is 37.8 Å². The van der Waals surface area contributed by atoms with Crippen LogP contribution in [0.3, 0.4) is 0 Å². The van der Waals surface area contributed by atoms with Crippen LogP contribution >= 0.6 is 0 Å². The van der Waals surface area contributed by atoms with Crippen LogP contribution in [0.25, 0.3) is 0 Å². The lowest BCUT2D eigenvalue weighted by Gasteiger charge is -2.41. The lowest BCUT2D eigenvalue weighted by molar-refractivity contribution is 0.414. The van der Waals surface area contributed by atoms with Crippen molar-refractivity contribution in [3.63, 3.8) is 0 Å². The second kappa shape index (κ2) is 7.86. The van der Waals surface area contributed by atoms with E-state index in [4.69, 9.17) is 9.73 Å². The van der Waals surface area contributed by atoms with Gasteiger partial charge in [0, 0.05) is 0 Å². The summed E-state index contributed by atoms with van der Waals surface area (Å²) >= 11 is 0. The highest BCUT2D eigenvalue weighted by molar-refractivity contribution is 6.09. The summed E-state index contributed by atoms with van der Waals surface area (Å²) in [6.07, 6.45) is 7.37. The van der Waals surface area contributed by atoms with Crippen LogP contribution in [-0.2, 0) is 6.54 Å². The van der Waals surface area contributed by atoms with Crippen molar-refractivity contribution in [2.24, 2.45) is 4.99 Å². The molecular weight excluding hydrogens is 346 g/mol. The van der Waals surface area contributed by atoms with Crippen molar-refractivity contribution in [3.8, 4) is 5.75 Å². The van der Waals surface area contributed by atoms with Gasteiger partial charge >= 0.3 is 0 Å². The minimum absolute atomic E-state index is 0.0793. The van der Waals surface area contributed by atoms with Gasteiger partial charge in [-0.2, -0.15) is 0 Å². The number of aryl methyl sites for hydroxylation is 2. The van der Waals surface area contributed by atoms with E-state index in [0.29, 0.717) is 6.54 Å². The number of anilines is 2. The minimum Gasteiger partial charge on any atom is -0.497 e. The van der Waals surface area contributed by atoms with Crippen LogP contribution in [0.2, 0.25) is 0 Å². The summed E-state index contributed by atoms with van der Waals surface area (Å²) in [6, 6.07) is 12.7. The maximum absolute atomic E-state index is 5.37. The summed E-state index contributed by atoms with van der Waals surface area (Å²) in [7, 11) is 1.71. The number of nitrogens with one attached hydrogen (secondary N) is 2. The molecule has 4 heteroatoms. The lowest BCUT2D eigenvalue weighted by Crippen LogP contribution is -2.52. The predicted molar refractivity (Wildman–Crippen MR) is 118 cm³/mol. The monoisotopic (exact) mass is 377 g/mol. The number of fused-ring (bicyclic) bond motifs is 1.